The zero-order chi connectivity index (χ0) is 13.8. The fourth-order valence-electron chi connectivity index (χ4n) is 2.54. The Bertz CT molecular complexity index is 405. The van der Waals surface area contributed by atoms with Gasteiger partial charge in [0.05, 0.1) is 6.10 Å². The molecule has 19 heavy (non-hydrogen) atoms. The summed E-state index contributed by atoms with van der Waals surface area (Å²) in [5.74, 6) is 0.975. The topological polar surface area (TPSA) is 24.5 Å². The second-order valence-electron chi connectivity index (χ2n) is 5.90. The van der Waals surface area contributed by atoms with Crippen LogP contribution in [0.1, 0.15) is 33.3 Å². The lowest BCUT2D eigenvalue weighted by Gasteiger charge is -2.37. The Morgan fingerprint density at radius 2 is 2.16 bits per heavy atom. The summed E-state index contributed by atoms with van der Waals surface area (Å²) < 4.78 is 5.76. The Balaban J connectivity index is 2.01. The third-order valence-corrected chi connectivity index (χ3v) is 3.55. The number of piperazine rings is 1. The second-order valence-corrected chi connectivity index (χ2v) is 5.90. The van der Waals surface area contributed by atoms with E-state index in [1.165, 1.54) is 5.56 Å². The molecule has 1 aliphatic heterocycles. The fourth-order valence-corrected chi connectivity index (χ4v) is 2.54. The lowest BCUT2D eigenvalue weighted by atomic mass is 10.1. The Morgan fingerprint density at radius 1 is 1.37 bits per heavy atom. The van der Waals surface area contributed by atoms with Crippen LogP contribution in [0.5, 0.6) is 5.75 Å². The molecule has 0 aromatic heterocycles. The van der Waals surface area contributed by atoms with E-state index < -0.39 is 0 Å². The number of benzene rings is 1. The highest BCUT2D eigenvalue weighted by molar-refractivity contribution is 5.28. The second kappa shape index (κ2) is 6.40. The van der Waals surface area contributed by atoms with E-state index in [-0.39, 0.29) is 6.10 Å². The highest BCUT2D eigenvalue weighted by atomic mass is 16.5. The first kappa shape index (κ1) is 14.4. The van der Waals surface area contributed by atoms with Crippen molar-refractivity contribution in [2.24, 2.45) is 0 Å². The van der Waals surface area contributed by atoms with E-state index in [0.29, 0.717) is 12.1 Å². The highest BCUT2D eigenvalue weighted by Crippen LogP contribution is 2.18. The lowest BCUT2D eigenvalue weighted by molar-refractivity contribution is 0.138. The van der Waals surface area contributed by atoms with Gasteiger partial charge in [0.1, 0.15) is 5.75 Å². The van der Waals surface area contributed by atoms with Gasteiger partial charge in [-0.2, -0.15) is 0 Å². The van der Waals surface area contributed by atoms with Crippen molar-refractivity contribution in [3.8, 4) is 5.75 Å². The minimum Gasteiger partial charge on any atom is -0.491 e. The van der Waals surface area contributed by atoms with Gasteiger partial charge in [-0.25, -0.2) is 0 Å². The molecular weight excluding hydrogens is 236 g/mol. The summed E-state index contributed by atoms with van der Waals surface area (Å²) in [6, 6.07) is 9.64. The summed E-state index contributed by atoms with van der Waals surface area (Å²) >= 11 is 0. The lowest BCUT2D eigenvalue weighted by Crippen LogP contribution is -2.53. The normalized spacial score (nSPS) is 24.7. The number of hydrogen-bond donors (Lipinski definition) is 1. The van der Waals surface area contributed by atoms with Crippen molar-refractivity contribution in [2.75, 3.05) is 13.1 Å². The van der Waals surface area contributed by atoms with Gasteiger partial charge in [-0.15, -0.1) is 0 Å². The monoisotopic (exact) mass is 262 g/mol. The van der Waals surface area contributed by atoms with Gasteiger partial charge >= 0.3 is 0 Å². The van der Waals surface area contributed by atoms with Crippen LogP contribution < -0.4 is 10.1 Å². The van der Waals surface area contributed by atoms with E-state index in [4.69, 9.17) is 4.74 Å². The molecule has 0 aliphatic carbocycles. The van der Waals surface area contributed by atoms with E-state index in [2.05, 4.69) is 56.1 Å². The first-order valence-corrected chi connectivity index (χ1v) is 7.27. The van der Waals surface area contributed by atoms with E-state index in [0.717, 1.165) is 25.4 Å². The molecule has 106 valence electrons. The largest absolute Gasteiger partial charge is 0.491 e. The van der Waals surface area contributed by atoms with Crippen LogP contribution in [-0.4, -0.2) is 36.2 Å². The molecule has 1 N–H and O–H groups in total. The predicted molar refractivity (Wildman–Crippen MR) is 79.5 cm³/mol. The summed E-state index contributed by atoms with van der Waals surface area (Å²) in [7, 11) is 0. The van der Waals surface area contributed by atoms with Crippen LogP contribution in [0.25, 0.3) is 0 Å². The number of nitrogens with one attached hydrogen (secondary N) is 1. The van der Waals surface area contributed by atoms with Gasteiger partial charge < -0.3 is 10.1 Å². The minimum absolute atomic E-state index is 0.230. The molecule has 3 heteroatoms. The first-order valence-electron chi connectivity index (χ1n) is 7.27. The Labute approximate surface area is 116 Å². The first-order chi connectivity index (χ1) is 9.04. The summed E-state index contributed by atoms with van der Waals surface area (Å²) in [6.45, 7) is 11.8. The molecule has 0 saturated carbocycles. The minimum atomic E-state index is 0.230. The molecule has 0 amide bonds. The molecular formula is C16H26N2O. The van der Waals surface area contributed by atoms with Crippen molar-refractivity contribution < 1.29 is 4.74 Å². The maximum atomic E-state index is 5.76. The fraction of sp³-hybridized carbons (Fsp3) is 0.625. The predicted octanol–water partition coefficient (Wildman–Crippen LogP) is 2.66. The van der Waals surface area contributed by atoms with Crippen LogP contribution in [-0.2, 0) is 6.54 Å². The van der Waals surface area contributed by atoms with Crippen LogP contribution in [0.15, 0.2) is 24.3 Å². The van der Waals surface area contributed by atoms with Crippen molar-refractivity contribution in [1.29, 1.82) is 0 Å². The van der Waals surface area contributed by atoms with Gasteiger partial charge in [0.15, 0.2) is 0 Å². The average molecular weight is 262 g/mol. The molecule has 1 aromatic carbocycles. The molecule has 0 radical (unpaired) electrons. The Kier molecular flexibility index (Phi) is 4.83. The third-order valence-electron chi connectivity index (χ3n) is 3.55. The van der Waals surface area contributed by atoms with Crippen LogP contribution in [0, 0.1) is 0 Å². The molecule has 1 aliphatic rings. The van der Waals surface area contributed by atoms with Crippen LogP contribution >= 0.6 is 0 Å². The zero-order valence-electron chi connectivity index (χ0n) is 12.5. The molecule has 2 unspecified atom stereocenters. The summed E-state index contributed by atoms with van der Waals surface area (Å²) in [6.07, 6.45) is 0.230. The van der Waals surface area contributed by atoms with Gasteiger partial charge in [-0.1, -0.05) is 12.1 Å². The number of ether oxygens (including phenoxy) is 1. The molecule has 1 heterocycles. The molecule has 2 atom stereocenters. The van der Waals surface area contributed by atoms with Gasteiger partial charge in [0.25, 0.3) is 0 Å². The van der Waals surface area contributed by atoms with Crippen molar-refractivity contribution in [3.05, 3.63) is 29.8 Å². The van der Waals surface area contributed by atoms with E-state index in [1.54, 1.807) is 0 Å². The zero-order valence-corrected chi connectivity index (χ0v) is 12.5. The van der Waals surface area contributed by atoms with Gasteiger partial charge in [-0.05, 0) is 45.4 Å². The molecule has 0 spiro atoms. The SMILES string of the molecule is CC1CN(Cc2cccc(OC(C)C)c2)C(C)CN1. The average Bonchev–Trinajstić information content (AvgIpc) is 2.33. The quantitative estimate of drug-likeness (QED) is 0.903. The van der Waals surface area contributed by atoms with Crippen LogP contribution in [0.4, 0.5) is 0 Å². The van der Waals surface area contributed by atoms with E-state index in [1.807, 2.05) is 6.07 Å². The van der Waals surface area contributed by atoms with Crippen molar-refractivity contribution in [3.63, 3.8) is 0 Å². The number of hydrogen-bond acceptors (Lipinski definition) is 3. The van der Waals surface area contributed by atoms with E-state index in [9.17, 15) is 0 Å². The maximum absolute atomic E-state index is 5.76. The van der Waals surface area contributed by atoms with Gasteiger partial charge in [0.2, 0.25) is 0 Å². The standard InChI is InChI=1S/C16H26N2O/c1-12(2)19-16-7-5-6-15(8-16)11-18-10-13(3)17-9-14(18)4/h5-8,12-14,17H,9-11H2,1-4H3. The smallest absolute Gasteiger partial charge is 0.120 e. The van der Waals surface area contributed by atoms with Gasteiger partial charge in [0, 0.05) is 31.7 Å². The molecule has 1 saturated heterocycles. The number of nitrogens with zero attached hydrogens (tertiary/aromatic N) is 1. The Hall–Kier alpha value is -1.06. The summed E-state index contributed by atoms with van der Waals surface area (Å²) in [5.41, 5.74) is 1.33. The summed E-state index contributed by atoms with van der Waals surface area (Å²) in [4.78, 5) is 2.54. The third kappa shape index (κ3) is 4.22. The van der Waals surface area contributed by atoms with Crippen molar-refractivity contribution >= 4 is 0 Å². The molecule has 0 bridgehead atoms. The molecule has 3 nitrogen and oxygen atoms in total. The maximum Gasteiger partial charge on any atom is 0.120 e. The van der Waals surface area contributed by atoms with E-state index >= 15 is 0 Å². The molecule has 2 rings (SSSR count). The van der Waals surface area contributed by atoms with Crippen LogP contribution in [0.3, 0.4) is 0 Å². The van der Waals surface area contributed by atoms with Gasteiger partial charge in [-0.3, -0.25) is 4.90 Å². The van der Waals surface area contributed by atoms with Crippen molar-refractivity contribution in [2.45, 2.75) is 52.4 Å². The van der Waals surface area contributed by atoms with Crippen molar-refractivity contribution in [1.82, 2.24) is 10.2 Å². The molecule has 1 aromatic rings. The van der Waals surface area contributed by atoms with Crippen LogP contribution in [0.2, 0.25) is 0 Å². The Morgan fingerprint density at radius 3 is 2.89 bits per heavy atom. The summed E-state index contributed by atoms with van der Waals surface area (Å²) in [5, 5.41) is 3.52. The number of rotatable bonds is 4. The molecule has 1 fully saturated rings. The highest BCUT2D eigenvalue weighted by Gasteiger charge is 2.22.